The van der Waals surface area contributed by atoms with E-state index in [1.54, 1.807) is 20.8 Å². The van der Waals surface area contributed by atoms with E-state index in [4.69, 9.17) is 0 Å². The summed E-state index contributed by atoms with van der Waals surface area (Å²) in [5, 5.41) is 44.3. The van der Waals surface area contributed by atoms with Crippen molar-refractivity contribution in [2.45, 2.75) is 93.0 Å². The molecule has 23 heavy (non-hydrogen) atoms. The lowest BCUT2D eigenvalue weighted by Gasteiger charge is -2.60. The normalized spacial score (nSPS) is 20.7. The standard InChI is InChI=1S/C19H40O4/c1-10-12-17(9,11-2)19(22,23)18(21,16(6,7)8)14(13-20)15(3,4)5/h14,20-23H,10-13H2,1-9H3. The molecule has 0 rings (SSSR count). The first kappa shape index (κ1) is 22.8. The molecule has 0 aromatic heterocycles. The Morgan fingerprint density at radius 2 is 1.26 bits per heavy atom. The Balaban J connectivity index is 6.49. The van der Waals surface area contributed by atoms with Gasteiger partial charge in [-0.3, -0.25) is 0 Å². The van der Waals surface area contributed by atoms with Gasteiger partial charge in [0.1, 0.15) is 5.60 Å². The maximum Gasteiger partial charge on any atom is 0.198 e. The molecular formula is C19H40O4. The minimum atomic E-state index is -2.33. The van der Waals surface area contributed by atoms with Crippen molar-refractivity contribution in [3.63, 3.8) is 0 Å². The third kappa shape index (κ3) is 3.76. The van der Waals surface area contributed by atoms with Crippen molar-refractivity contribution < 1.29 is 20.4 Å². The monoisotopic (exact) mass is 332 g/mol. The highest BCUT2D eigenvalue weighted by atomic mass is 16.5. The first-order chi connectivity index (χ1) is 10.1. The Kier molecular flexibility index (Phi) is 6.94. The van der Waals surface area contributed by atoms with Crippen LogP contribution in [0.1, 0.15) is 81.6 Å². The highest BCUT2D eigenvalue weighted by Gasteiger charge is 2.67. The van der Waals surface area contributed by atoms with Gasteiger partial charge in [0.15, 0.2) is 5.79 Å². The number of hydrogen-bond donors (Lipinski definition) is 4. The van der Waals surface area contributed by atoms with Gasteiger partial charge in [0.05, 0.1) is 0 Å². The second-order valence-electron chi connectivity index (χ2n) is 9.45. The smallest absolute Gasteiger partial charge is 0.198 e. The van der Waals surface area contributed by atoms with Crippen LogP contribution >= 0.6 is 0 Å². The Hall–Kier alpha value is -0.160. The van der Waals surface area contributed by atoms with Gasteiger partial charge < -0.3 is 20.4 Å². The Morgan fingerprint density at radius 1 is 0.826 bits per heavy atom. The summed E-state index contributed by atoms with van der Waals surface area (Å²) in [7, 11) is 0. The molecule has 0 aliphatic rings. The molecular weight excluding hydrogens is 292 g/mol. The van der Waals surface area contributed by atoms with Gasteiger partial charge in [-0.2, -0.15) is 0 Å². The minimum absolute atomic E-state index is 0.313. The minimum Gasteiger partial charge on any atom is -0.396 e. The number of rotatable bonds is 7. The van der Waals surface area contributed by atoms with E-state index in [1.165, 1.54) is 0 Å². The van der Waals surface area contributed by atoms with Crippen LogP contribution < -0.4 is 0 Å². The molecule has 0 radical (unpaired) electrons. The molecule has 0 saturated heterocycles. The van der Waals surface area contributed by atoms with Crippen molar-refractivity contribution in [3.8, 4) is 0 Å². The summed E-state index contributed by atoms with van der Waals surface area (Å²) in [6.07, 6.45) is 1.89. The molecule has 0 saturated carbocycles. The van der Waals surface area contributed by atoms with Crippen LogP contribution in [-0.2, 0) is 0 Å². The van der Waals surface area contributed by atoms with E-state index in [0.717, 1.165) is 6.42 Å². The number of aliphatic hydroxyl groups excluding tert-OH is 1. The van der Waals surface area contributed by atoms with Crippen molar-refractivity contribution in [2.75, 3.05) is 6.61 Å². The van der Waals surface area contributed by atoms with Crippen LogP contribution in [0, 0.1) is 22.2 Å². The molecule has 0 amide bonds. The molecule has 0 heterocycles. The van der Waals surface area contributed by atoms with Crippen LogP contribution in [0.2, 0.25) is 0 Å². The first-order valence-electron chi connectivity index (χ1n) is 8.84. The molecule has 4 N–H and O–H groups in total. The highest BCUT2D eigenvalue weighted by molar-refractivity contribution is 5.12. The van der Waals surface area contributed by atoms with Crippen molar-refractivity contribution >= 4 is 0 Å². The Morgan fingerprint density at radius 3 is 1.48 bits per heavy atom. The molecule has 140 valence electrons. The fraction of sp³-hybridized carbons (Fsp3) is 1.00. The van der Waals surface area contributed by atoms with Gasteiger partial charge in [-0.15, -0.1) is 0 Å². The molecule has 3 unspecified atom stereocenters. The molecule has 0 aliphatic carbocycles. The highest BCUT2D eigenvalue weighted by Crippen LogP contribution is 2.56. The molecule has 3 atom stereocenters. The third-order valence-electron chi connectivity index (χ3n) is 5.83. The van der Waals surface area contributed by atoms with Gasteiger partial charge in [-0.25, -0.2) is 0 Å². The third-order valence-corrected chi connectivity index (χ3v) is 5.83. The number of aliphatic hydroxyl groups is 4. The molecule has 0 spiro atoms. The van der Waals surface area contributed by atoms with Gasteiger partial charge in [-0.1, -0.05) is 68.7 Å². The lowest BCUT2D eigenvalue weighted by Crippen LogP contribution is -2.73. The summed E-state index contributed by atoms with van der Waals surface area (Å²) < 4.78 is 0. The van der Waals surface area contributed by atoms with Gasteiger partial charge in [0.2, 0.25) is 0 Å². The van der Waals surface area contributed by atoms with E-state index in [9.17, 15) is 20.4 Å². The average Bonchev–Trinajstić information content (AvgIpc) is 2.35. The zero-order valence-electron chi connectivity index (χ0n) is 16.7. The summed E-state index contributed by atoms with van der Waals surface area (Å²) in [6.45, 7) is 16.5. The summed E-state index contributed by atoms with van der Waals surface area (Å²) in [5.74, 6) is -3.02. The van der Waals surface area contributed by atoms with E-state index < -0.39 is 33.6 Å². The van der Waals surface area contributed by atoms with E-state index in [-0.39, 0.29) is 6.61 Å². The van der Waals surface area contributed by atoms with Crippen molar-refractivity contribution in [3.05, 3.63) is 0 Å². The van der Waals surface area contributed by atoms with Gasteiger partial charge in [0, 0.05) is 17.9 Å². The maximum atomic E-state index is 11.7. The predicted molar refractivity (Wildman–Crippen MR) is 94.9 cm³/mol. The van der Waals surface area contributed by atoms with Crippen LogP contribution in [0.15, 0.2) is 0 Å². The molecule has 4 heteroatoms. The summed E-state index contributed by atoms with van der Waals surface area (Å²) in [5.41, 5.74) is -4.06. The fourth-order valence-electron chi connectivity index (χ4n) is 3.93. The summed E-state index contributed by atoms with van der Waals surface area (Å²) in [6, 6.07) is 0. The van der Waals surface area contributed by atoms with Crippen molar-refractivity contribution in [1.29, 1.82) is 0 Å². The topological polar surface area (TPSA) is 80.9 Å². The van der Waals surface area contributed by atoms with Crippen molar-refractivity contribution in [1.82, 2.24) is 0 Å². The van der Waals surface area contributed by atoms with Crippen LogP contribution in [0.3, 0.4) is 0 Å². The molecule has 0 fully saturated rings. The Labute approximate surface area is 142 Å². The zero-order chi connectivity index (χ0) is 18.9. The Bertz CT molecular complexity index is 378. The lowest BCUT2D eigenvalue weighted by atomic mass is 9.52. The predicted octanol–water partition coefficient (Wildman–Crippen LogP) is 3.32. The van der Waals surface area contributed by atoms with E-state index >= 15 is 0 Å². The zero-order valence-corrected chi connectivity index (χ0v) is 16.7. The molecule has 0 aliphatic heterocycles. The molecule has 0 aromatic carbocycles. The second-order valence-corrected chi connectivity index (χ2v) is 9.45. The van der Waals surface area contributed by atoms with E-state index in [1.807, 2.05) is 41.5 Å². The molecule has 0 aromatic rings. The SMILES string of the molecule is CCCC(C)(CC)C(O)(O)C(O)(C(CO)C(C)(C)C)C(C)(C)C. The van der Waals surface area contributed by atoms with Gasteiger partial charge in [0.25, 0.3) is 0 Å². The van der Waals surface area contributed by atoms with Crippen LogP contribution in [0.25, 0.3) is 0 Å². The van der Waals surface area contributed by atoms with Gasteiger partial charge in [-0.05, 0) is 23.7 Å². The van der Waals surface area contributed by atoms with E-state index in [0.29, 0.717) is 12.8 Å². The number of hydrogen-bond acceptors (Lipinski definition) is 4. The summed E-state index contributed by atoms with van der Waals surface area (Å²) >= 11 is 0. The van der Waals surface area contributed by atoms with Gasteiger partial charge >= 0.3 is 0 Å². The van der Waals surface area contributed by atoms with E-state index in [2.05, 4.69) is 0 Å². The van der Waals surface area contributed by atoms with Crippen molar-refractivity contribution in [2.24, 2.45) is 22.2 Å². The molecule has 0 bridgehead atoms. The largest absolute Gasteiger partial charge is 0.396 e. The maximum absolute atomic E-state index is 11.7. The van der Waals surface area contributed by atoms with Crippen LogP contribution in [0.4, 0.5) is 0 Å². The first-order valence-corrected chi connectivity index (χ1v) is 8.84. The second kappa shape index (κ2) is 6.99. The quantitative estimate of drug-likeness (QED) is 0.539. The van der Waals surface area contributed by atoms with Crippen LogP contribution in [0.5, 0.6) is 0 Å². The van der Waals surface area contributed by atoms with Crippen LogP contribution in [-0.4, -0.2) is 38.4 Å². The average molecular weight is 333 g/mol. The summed E-state index contributed by atoms with van der Waals surface area (Å²) in [4.78, 5) is 0. The lowest BCUT2D eigenvalue weighted by molar-refractivity contribution is -0.380. The fourth-order valence-corrected chi connectivity index (χ4v) is 3.93. The molecule has 4 nitrogen and oxygen atoms in total.